The van der Waals surface area contributed by atoms with Crippen molar-refractivity contribution < 1.29 is 8.42 Å². The van der Waals surface area contributed by atoms with Crippen LogP contribution in [-0.4, -0.2) is 44.5 Å². The van der Waals surface area contributed by atoms with Crippen molar-refractivity contribution in [1.29, 1.82) is 0 Å². The van der Waals surface area contributed by atoms with Crippen LogP contribution in [-0.2, 0) is 10.0 Å². The van der Waals surface area contributed by atoms with E-state index in [4.69, 9.17) is 11.6 Å². The van der Waals surface area contributed by atoms with Gasteiger partial charge in [0.15, 0.2) is 0 Å². The first-order chi connectivity index (χ1) is 9.33. The van der Waals surface area contributed by atoms with E-state index in [0.29, 0.717) is 12.6 Å². The molecule has 0 amide bonds. The van der Waals surface area contributed by atoms with E-state index in [9.17, 15) is 8.42 Å². The molecule has 0 spiro atoms. The van der Waals surface area contributed by atoms with E-state index >= 15 is 0 Å². The summed E-state index contributed by atoms with van der Waals surface area (Å²) < 4.78 is 26.5. The number of unbranched alkanes of at least 4 members (excludes halogenated alkanes) is 1. The molecule has 20 heavy (non-hydrogen) atoms. The Labute approximate surface area is 126 Å². The summed E-state index contributed by atoms with van der Waals surface area (Å²) in [4.78, 5) is 6.15. The fourth-order valence-corrected chi connectivity index (χ4v) is 2.91. The van der Waals surface area contributed by atoms with Gasteiger partial charge in [-0.05, 0) is 52.4 Å². The summed E-state index contributed by atoms with van der Waals surface area (Å²) >= 11 is 5.69. The van der Waals surface area contributed by atoms with Crippen molar-refractivity contribution in [3.63, 3.8) is 0 Å². The number of hydrogen-bond acceptors (Lipinski definition) is 4. The lowest BCUT2D eigenvalue weighted by Crippen LogP contribution is -2.29. The zero-order chi connectivity index (χ0) is 15.2. The highest BCUT2D eigenvalue weighted by Gasteiger charge is 2.13. The van der Waals surface area contributed by atoms with E-state index in [2.05, 4.69) is 35.5 Å². The Bertz CT molecular complexity index is 520. The van der Waals surface area contributed by atoms with E-state index in [-0.39, 0.29) is 10.0 Å². The normalized spacial score (nSPS) is 12.3. The summed E-state index contributed by atoms with van der Waals surface area (Å²) in [6, 6.07) is 3.28. The summed E-state index contributed by atoms with van der Waals surface area (Å²) in [7, 11) is -1.42. The van der Waals surface area contributed by atoms with Gasteiger partial charge in [-0.2, -0.15) is 0 Å². The van der Waals surface area contributed by atoms with Crippen LogP contribution in [0.3, 0.4) is 0 Å². The average molecular weight is 320 g/mol. The number of aromatic nitrogens is 1. The number of halogens is 1. The van der Waals surface area contributed by atoms with E-state index in [0.717, 1.165) is 19.4 Å². The molecule has 7 heteroatoms. The van der Waals surface area contributed by atoms with Gasteiger partial charge < -0.3 is 4.90 Å². The van der Waals surface area contributed by atoms with Crippen LogP contribution >= 0.6 is 11.6 Å². The third-order valence-corrected chi connectivity index (χ3v) is 4.78. The molecule has 0 saturated carbocycles. The predicted molar refractivity (Wildman–Crippen MR) is 81.4 cm³/mol. The Morgan fingerprint density at radius 1 is 1.40 bits per heavy atom. The van der Waals surface area contributed by atoms with Gasteiger partial charge in [-0.3, -0.25) is 0 Å². The van der Waals surface area contributed by atoms with Gasteiger partial charge in [0, 0.05) is 18.8 Å². The molecular weight excluding hydrogens is 298 g/mol. The lowest BCUT2D eigenvalue weighted by Gasteiger charge is -2.20. The average Bonchev–Trinajstić information content (AvgIpc) is 2.37. The Kier molecular flexibility index (Phi) is 6.88. The van der Waals surface area contributed by atoms with Gasteiger partial charge in [0.1, 0.15) is 5.15 Å². The highest BCUT2D eigenvalue weighted by atomic mass is 35.5. The highest BCUT2D eigenvalue weighted by Crippen LogP contribution is 2.12. The SMILES string of the molecule is CC(C)N(C)CCCCNS(=O)(=O)c1ccnc(Cl)c1. The molecule has 0 saturated heterocycles. The fraction of sp³-hybridized carbons (Fsp3) is 0.615. The standard InChI is InChI=1S/C13H22ClN3O2S/c1-11(2)17(3)9-5-4-7-16-20(18,19)12-6-8-15-13(14)10-12/h6,8,10-11,16H,4-5,7,9H2,1-3H3. The molecule has 114 valence electrons. The predicted octanol–water partition coefficient (Wildman–Crippen LogP) is 2.13. The molecule has 0 bridgehead atoms. The molecule has 5 nitrogen and oxygen atoms in total. The molecule has 0 fully saturated rings. The van der Waals surface area contributed by atoms with Crippen LogP contribution in [0, 0.1) is 0 Å². The number of pyridine rings is 1. The van der Waals surface area contributed by atoms with Gasteiger partial charge in [-0.15, -0.1) is 0 Å². The third kappa shape index (κ3) is 5.75. The van der Waals surface area contributed by atoms with Crippen molar-refractivity contribution in [1.82, 2.24) is 14.6 Å². The Morgan fingerprint density at radius 2 is 2.10 bits per heavy atom. The van der Waals surface area contributed by atoms with E-state index < -0.39 is 10.0 Å². The van der Waals surface area contributed by atoms with Gasteiger partial charge in [0.25, 0.3) is 0 Å². The topological polar surface area (TPSA) is 62.3 Å². The van der Waals surface area contributed by atoms with Gasteiger partial charge >= 0.3 is 0 Å². The Hall–Kier alpha value is -0.690. The summed E-state index contributed by atoms with van der Waals surface area (Å²) in [5.41, 5.74) is 0. The molecule has 0 aliphatic rings. The van der Waals surface area contributed by atoms with E-state index in [1.807, 2.05) is 0 Å². The quantitative estimate of drug-likeness (QED) is 0.589. The zero-order valence-electron chi connectivity index (χ0n) is 12.1. The van der Waals surface area contributed by atoms with Crippen molar-refractivity contribution in [2.75, 3.05) is 20.1 Å². The fourth-order valence-electron chi connectivity index (χ4n) is 1.59. The first-order valence-corrected chi connectivity index (χ1v) is 8.50. The third-order valence-electron chi connectivity index (χ3n) is 3.12. The molecule has 0 atom stereocenters. The number of rotatable bonds is 8. The largest absolute Gasteiger partial charge is 0.304 e. The van der Waals surface area contributed by atoms with Crippen LogP contribution in [0.5, 0.6) is 0 Å². The Balaban J connectivity index is 2.38. The van der Waals surface area contributed by atoms with Crippen molar-refractivity contribution in [3.8, 4) is 0 Å². The number of hydrogen-bond donors (Lipinski definition) is 1. The Morgan fingerprint density at radius 3 is 2.70 bits per heavy atom. The number of nitrogens with zero attached hydrogens (tertiary/aromatic N) is 2. The van der Waals surface area contributed by atoms with Crippen molar-refractivity contribution >= 4 is 21.6 Å². The first kappa shape index (κ1) is 17.4. The van der Waals surface area contributed by atoms with Crippen LogP contribution in [0.4, 0.5) is 0 Å². The maximum absolute atomic E-state index is 12.0. The lowest BCUT2D eigenvalue weighted by atomic mass is 10.2. The molecule has 1 aromatic heterocycles. The molecular formula is C13H22ClN3O2S. The molecule has 1 N–H and O–H groups in total. The summed E-state index contributed by atoms with van der Waals surface area (Å²) in [5.74, 6) is 0. The molecule has 1 rings (SSSR count). The molecule has 0 aromatic carbocycles. The smallest absolute Gasteiger partial charge is 0.240 e. The monoisotopic (exact) mass is 319 g/mol. The minimum atomic E-state index is -3.49. The maximum Gasteiger partial charge on any atom is 0.240 e. The van der Waals surface area contributed by atoms with Crippen molar-refractivity contribution in [2.24, 2.45) is 0 Å². The highest BCUT2D eigenvalue weighted by molar-refractivity contribution is 7.89. The lowest BCUT2D eigenvalue weighted by molar-refractivity contribution is 0.268. The maximum atomic E-state index is 12.0. The minimum absolute atomic E-state index is 0.150. The van der Waals surface area contributed by atoms with Gasteiger partial charge in [0.05, 0.1) is 4.90 Å². The molecule has 1 heterocycles. The van der Waals surface area contributed by atoms with Gasteiger partial charge in [-0.25, -0.2) is 18.1 Å². The van der Waals surface area contributed by atoms with Crippen molar-refractivity contribution in [3.05, 3.63) is 23.5 Å². The van der Waals surface area contributed by atoms with Crippen LogP contribution < -0.4 is 4.72 Å². The molecule has 0 radical (unpaired) electrons. The van der Waals surface area contributed by atoms with Crippen LogP contribution in [0.1, 0.15) is 26.7 Å². The molecule has 0 aliphatic heterocycles. The number of sulfonamides is 1. The van der Waals surface area contributed by atoms with Crippen LogP contribution in [0.15, 0.2) is 23.2 Å². The van der Waals surface area contributed by atoms with Crippen LogP contribution in [0.2, 0.25) is 5.15 Å². The van der Waals surface area contributed by atoms with Gasteiger partial charge in [0.2, 0.25) is 10.0 Å². The summed E-state index contributed by atoms with van der Waals surface area (Å²) in [5, 5.41) is 0.173. The summed E-state index contributed by atoms with van der Waals surface area (Å²) in [6.45, 7) is 5.65. The molecule has 0 aliphatic carbocycles. The zero-order valence-corrected chi connectivity index (χ0v) is 13.7. The molecule has 0 unspecified atom stereocenters. The molecule has 1 aromatic rings. The van der Waals surface area contributed by atoms with E-state index in [1.54, 1.807) is 0 Å². The minimum Gasteiger partial charge on any atom is -0.304 e. The first-order valence-electron chi connectivity index (χ1n) is 6.64. The van der Waals surface area contributed by atoms with E-state index in [1.165, 1.54) is 18.3 Å². The number of nitrogens with one attached hydrogen (secondary N) is 1. The second-order valence-electron chi connectivity index (χ2n) is 4.99. The van der Waals surface area contributed by atoms with Crippen molar-refractivity contribution in [2.45, 2.75) is 37.6 Å². The second kappa shape index (κ2) is 7.93. The second-order valence-corrected chi connectivity index (χ2v) is 7.15. The summed E-state index contributed by atoms with van der Waals surface area (Å²) in [6.07, 6.45) is 3.14. The van der Waals surface area contributed by atoms with Crippen LogP contribution in [0.25, 0.3) is 0 Å². The van der Waals surface area contributed by atoms with Gasteiger partial charge in [-0.1, -0.05) is 11.6 Å².